The number of terminal acetylenes is 1. The van der Waals surface area contributed by atoms with E-state index in [0.29, 0.717) is 11.7 Å². The fraction of sp³-hybridized carbons (Fsp3) is 0.235. The molecule has 1 aliphatic carbocycles. The van der Waals surface area contributed by atoms with E-state index in [1.54, 1.807) is 6.07 Å². The van der Waals surface area contributed by atoms with Gasteiger partial charge in [0.2, 0.25) is 0 Å². The van der Waals surface area contributed by atoms with Crippen LogP contribution in [0, 0.1) is 12.3 Å². The number of aromatic nitrogens is 1. The molecule has 20 heavy (non-hydrogen) atoms. The van der Waals surface area contributed by atoms with Crippen LogP contribution in [0.5, 0.6) is 0 Å². The molecular weight excluding hydrogens is 248 g/mol. The molecule has 0 unspecified atom stereocenters. The first-order chi connectivity index (χ1) is 9.78. The summed E-state index contributed by atoms with van der Waals surface area (Å²) >= 11 is 0. The fourth-order valence-corrected chi connectivity index (χ4v) is 2.45. The van der Waals surface area contributed by atoms with E-state index < -0.39 is 0 Å². The number of benzene rings is 1. The SMILES string of the molecule is C#Cc1cccc(NC(=O)c2cccn2C2CCC2)c1. The molecule has 1 N–H and O–H groups in total. The molecule has 0 bridgehead atoms. The lowest BCUT2D eigenvalue weighted by Crippen LogP contribution is -2.23. The largest absolute Gasteiger partial charge is 0.340 e. The number of rotatable bonds is 3. The van der Waals surface area contributed by atoms with Crippen LogP contribution in [0.4, 0.5) is 5.69 Å². The summed E-state index contributed by atoms with van der Waals surface area (Å²) in [6, 6.07) is 11.6. The average Bonchev–Trinajstić information content (AvgIpc) is 2.86. The molecule has 100 valence electrons. The summed E-state index contributed by atoms with van der Waals surface area (Å²) in [6.07, 6.45) is 10.9. The van der Waals surface area contributed by atoms with Crippen molar-refractivity contribution in [3.05, 3.63) is 53.9 Å². The summed E-state index contributed by atoms with van der Waals surface area (Å²) in [5.41, 5.74) is 2.20. The van der Waals surface area contributed by atoms with Crippen molar-refractivity contribution in [3.63, 3.8) is 0 Å². The highest BCUT2D eigenvalue weighted by Crippen LogP contribution is 2.32. The Morgan fingerprint density at radius 2 is 2.15 bits per heavy atom. The molecule has 1 heterocycles. The molecule has 0 radical (unpaired) electrons. The highest BCUT2D eigenvalue weighted by Gasteiger charge is 2.23. The lowest BCUT2D eigenvalue weighted by atomic mass is 9.93. The van der Waals surface area contributed by atoms with Crippen molar-refractivity contribution in [3.8, 4) is 12.3 Å². The van der Waals surface area contributed by atoms with Crippen LogP contribution in [-0.4, -0.2) is 10.5 Å². The Hall–Kier alpha value is -2.47. The standard InChI is InChI=1S/C17H16N2O/c1-2-13-6-3-7-14(12-13)18-17(20)16-10-5-11-19(16)15-8-4-9-15/h1,3,5-7,10-12,15H,4,8-9H2,(H,18,20). The van der Waals surface area contributed by atoms with E-state index in [1.807, 2.05) is 36.5 Å². The van der Waals surface area contributed by atoms with Crippen LogP contribution in [0.3, 0.4) is 0 Å². The first-order valence-corrected chi connectivity index (χ1v) is 6.83. The van der Waals surface area contributed by atoms with Crippen LogP contribution in [0.1, 0.15) is 41.4 Å². The van der Waals surface area contributed by atoms with E-state index in [4.69, 9.17) is 6.42 Å². The second-order valence-corrected chi connectivity index (χ2v) is 5.06. The van der Waals surface area contributed by atoms with Gasteiger partial charge >= 0.3 is 0 Å². The van der Waals surface area contributed by atoms with Gasteiger partial charge in [0.05, 0.1) is 0 Å². The Morgan fingerprint density at radius 3 is 2.85 bits per heavy atom. The second-order valence-electron chi connectivity index (χ2n) is 5.06. The zero-order valence-corrected chi connectivity index (χ0v) is 11.2. The number of carbonyl (C=O) groups excluding carboxylic acids is 1. The van der Waals surface area contributed by atoms with E-state index in [9.17, 15) is 4.79 Å². The molecule has 2 aromatic rings. The minimum absolute atomic E-state index is 0.0870. The van der Waals surface area contributed by atoms with E-state index >= 15 is 0 Å². The van der Waals surface area contributed by atoms with Gasteiger partial charge in [-0.1, -0.05) is 12.0 Å². The maximum atomic E-state index is 12.4. The Kier molecular flexibility index (Phi) is 3.30. The summed E-state index contributed by atoms with van der Waals surface area (Å²) in [5, 5.41) is 2.91. The highest BCUT2D eigenvalue weighted by molar-refractivity contribution is 6.03. The zero-order chi connectivity index (χ0) is 13.9. The van der Waals surface area contributed by atoms with Gasteiger partial charge in [0.15, 0.2) is 0 Å². The van der Waals surface area contributed by atoms with Gasteiger partial charge in [-0.15, -0.1) is 6.42 Å². The number of hydrogen-bond acceptors (Lipinski definition) is 1. The molecule has 0 atom stereocenters. The molecule has 1 aromatic heterocycles. The van der Waals surface area contributed by atoms with Crippen LogP contribution in [0.2, 0.25) is 0 Å². The number of nitrogens with one attached hydrogen (secondary N) is 1. The molecule has 3 heteroatoms. The third-order valence-electron chi connectivity index (χ3n) is 3.77. The van der Waals surface area contributed by atoms with Gasteiger partial charge in [-0.25, -0.2) is 0 Å². The van der Waals surface area contributed by atoms with E-state index in [1.165, 1.54) is 6.42 Å². The highest BCUT2D eigenvalue weighted by atomic mass is 16.1. The van der Waals surface area contributed by atoms with Crippen LogP contribution in [-0.2, 0) is 0 Å². The molecule has 1 saturated carbocycles. The zero-order valence-electron chi connectivity index (χ0n) is 11.2. The number of amides is 1. The molecule has 1 aliphatic rings. The van der Waals surface area contributed by atoms with Crippen molar-refractivity contribution in [2.24, 2.45) is 0 Å². The molecule has 3 nitrogen and oxygen atoms in total. The number of anilines is 1. The summed E-state index contributed by atoms with van der Waals surface area (Å²) < 4.78 is 2.07. The van der Waals surface area contributed by atoms with E-state index in [-0.39, 0.29) is 5.91 Å². The lowest BCUT2D eigenvalue weighted by Gasteiger charge is -2.28. The van der Waals surface area contributed by atoms with E-state index in [0.717, 1.165) is 24.1 Å². The molecular formula is C17H16N2O. The van der Waals surface area contributed by atoms with Crippen molar-refractivity contribution in [2.75, 3.05) is 5.32 Å². The monoisotopic (exact) mass is 264 g/mol. The summed E-state index contributed by atoms with van der Waals surface area (Å²) in [6.45, 7) is 0. The predicted octanol–water partition coefficient (Wildman–Crippen LogP) is 3.45. The van der Waals surface area contributed by atoms with Crippen molar-refractivity contribution in [1.29, 1.82) is 0 Å². The van der Waals surface area contributed by atoms with Gasteiger partial charge in [0.1, 0.15) is 5.69 Å². The molecule has 1 fully saturated rings. The first kappa shape index (κ1) is 12.6. The summed E-state index contributed by atoms with van der Waals surface area (Å²) in [4.78, 5) is 12.4. The van der Waals surface area contributed by atoms with Crippen molar-refractivity contribution in [2.45, 2.75) is 25.3 Å². The fourth-order valence-electron chi connectivity index (χ4n) is 2.45. The third kappa shape index (κ3) is 2.33. The minimum atomic E-state index is -0.0870. The van der Waals surface area contributed by atoms with Gasteiger partial charge in [-0.3, -0.25) is 4.79 Å². The number of carbonyl (C=O) groups is 1. The Labute approximate surface area is 118 Å². The quantitative estimate of drug-likeness (QED) is 0.846. The summed E-state index contributed by atoms with van der Waals surface area (Å²) in [7, 11) is 0. The maximum absolute atomic E-state index is 12.4. The smallest absolute Gasteiger partial charge is 0.272 e. The van der Waals surface area contributed by atoms with Crippen LogP contribution in [0.15, 0.2) is 42.6 Å². The van der Waals surface area contributed by atoms with Gasteiger partial charge in [0, 0.05) is 23.5 Å². The Balaban J connectivity index is 1.79. The van der Waals surface area contributed by atoms with Crippen LogP contribution in [0.25, 0.3) is 0 Å². The van der Waals surface area contributed by atoms with Crippen LogP contribution < -0.4 is 5.32 Å². The Morgan fingerprint density at radius 1 is 1.30 bits per heavy atom. The van der Waals surface area contributed by atoms with Gasteiger partial charge < -0.3 is 9.88 Å². The molecule has 0 spiro atoms. The van der Waals surface area contributed by atoms with E-state index in [2.05, 4.69) is 15.8 Å². The number of hydrogen-bond donors (Lipinski definition) is 1. The van der Waals surface area contributed by atoms with Crippen LogP contribution >= 0.6 is 0 Å². The first-order valence-electron chi connectivity index (χ1n) is 6.83. The van der Waals surface area contributed by atoms with Crippen molar-refractivity contribution in [1.82, 2.24) is 4.57 Å². The normalized spacial score (nSPS) is 14.3. The van der Waals surface area contributed by atoms with Gasteiger partial charge in [-0.05, 0) is 49.6 Å². The molecule has 0 saturated heterocycles. The summed E-state index contributed by atoms with van der Waals surface area (Å²) in [5.74, 6) is 2.48. The number of nitrogens with zero attached hydrogens (tertiary/aromatic N) is 1. The molecule has 1 aromatic carbocycles. The molecule has 0 aliphatic heterocycles. The maximum Gasteiger partial charge on any atom is 0.272 e. The average molecular weight is 264 g/mol. The van der Waals surface area contributed by atoms with Gasteiger partial charge in [-0.2, -0.15) is 0 Å². The predicted molar refractivity (Wildman–Crippen MR) is 79.7 cm³/mol. The van der Waals surface area contributed by atoms with Gasteiger partial charge in [0.25, 0.3) is 5.91 Å². The second kappa shape index (κ2) is 5.26. The minimum Gasteiger partial charge on any atom is -0.340 e. The lowest BCUT2D eigenvalue weighted by molar-refractivity contribution is 0.101. The topological polar surface area (TPSA) is 34.0 Å². The van der Waals surface area contributed by atoms with Crippen molar-refractivity contribution < 1.29 is 4.79 Å². The molecule has 1 amide bonds. The third-order valence-corrected chi connectivity index (χ3v) is 3.77. The molecule has 3 rings (SSSR count). The van der Waals surface area contributed by atoms with Crippen molar-refractivity contribution >= 4 is 11.6 Å². The Bertz CT molecular complexity index is 674.